The Labute approximate surface area is 110 Å². The highest BCUT2D eigenvalue weighted by Crippen LogP contribution is 2.15. The second-order valence-corrected chi connectivity index (χ2v) is 5.57. The lowest BCUT2D eigenvalue weighted by Crippen LogP contribution is -2.22. The molecule has 1 aromatic rings. The summed E-state index contributed by atoms with van der Waals surface area (Å²) in [6.45, 7) is 7.25. The molecule has 1 atom stereocenters. The van der Waals surface area contributed by atoms with Gasteiger partial charge in [0, 0.05) is 31.5 Å². The molecule has 0 aromatic carbocycles. The molecule has 1 unspecified atom stereocenters. The highest BCUT2D eigenvalue weighted by molar-refractivity contribution is 5.02. The largest absolute Gasteiger partial charge is 0.378 e. The minimum absolute atomic E-state index is 0.362. The number of H-pyrrole nitrogens is 1. The van der Waals surface area contributed by atoms with Crippen molar-refractivity contribution in [1.82, 2.24) is 15.3 Å². The Morgan fingerprint density at radius 2 is 2.39 bits per heavy atom. The number of aromatic amines is 1. The molecular formula is C14H25N3O. The zero-order valence-electron chi connectivity index (χ0n) is 11.5. The van der Waals surface area contributed by atoms with Gasteiger partial charge in [-0.3, -0.25) is 0 Å². The van der Waals surface area contributed by atoms with Crippen molar-refractivity contribution < 1.29 is 4.74 Å². The second kappa shape index (κ2) is 6.90. The Hall–Kier alpha value is -0.870. The average Bonchev–Trinajstić information content (AvgIpc) is 2.78. The first kappa shape index (κ1) is 13.6. The van der Waals surface area contributed by atoms with E-state index in [1.807, 2.05) is 6.20 Å². The van der Waals surface area contributed by atoms with Crippen molar-refractivity contribution in [3.05, 3.63) is 17.7 Å². The van der Waals surface area contributed by atoms with Crippen molar-refractivity contribution in [2.45, 2.75) is 52.2 Å². The lowest BCUT2D eigenvalue weighted by Gasteiger charge is -2.21. The second-order valence-electron chi connectivity index (χ2n) is 5.57. The molecular weight excluding hydrogens is 226 g/mol. The van der Waals surface area contributed by atoms with Crippen LogP contribution < -0.4 is 5.32 Å². The molecule has 2 N–H and O–H groups in total. The summed E-state index contributed by atoms with van der Waals surface area (Å²) in [7, 11) is 0. The lowest BCUT2D eigenvalue weighted by atomic mass is 10.1. The van der Waals surface area contributed by atoms with Crippen molar-refractivity contribution in [2.75, 3.05) is 13.2 Å². The van der Waals surface area contributed by atoms with E-state index in [0.29, 0.717) is 12.0 Å². The molecule has 4 nitrogen and oxygen atoms in total. The van der Waals surface area contributed by atoms with Gasteiger partial charge < -0.3 is 15.0 Å². The molecule has 1 fully saturated rings. The standard InChI is InChI=1S/C14H25N3O/c1-11(2)8-15-9-12-10-16-14(17-12)7-13-5-3-4-6-18-13/h10-11,13,15H,3-9H2,1-2H3,(H,16,17). The SMILES string of the molecule is CC(C)CNCc1cnc(CC2CCCCO2)[nH]1. The maximum absolute atomic E-state index is 5.73. The van der Waals surface area contributed by atoms with Crippen LogP contribution in [0.2, 0.25) is 0 Å². The summed E-state index contributed by atoms with van der Waals surface area (Å²) in [5.74, 6) is 1.74. The van der Waals surface area contributed by atoms with E-state index in [-0.39, 0.29) is 0 Å². The number of ether oxygens (including phenoxy) is 1. The number of nitrogens with one attached hydrogen (secondary N) is 2. The van der Waals surface area contributed by atoms with Crippen LogP contribution in [0.15, 0.2) is 6.20 Å². The van der Waals surface area contributed by atoms with Gasteiger partial charge in [-0.15, -0.1) is 0 Å². The summed E-state index contributed by atoms with van der Waals surface area (Å²) < 4.78 is 5.73. The van der Waals surface area contributed by atoms with Crippen molar-refractivity contribution in [1.29, 1.82) is 0 Å². The monoisotopic (exact) mass is 251 g/mol. The predicted molar refractivity (Wildman–Crippen MR) is 72.4 cm³/mol. The van der Waals surface area contributed by atoms with Gasteiger partial charge in [0.1, 0.15) is 5.82 Å². The number of hydrogen-bond donors (Lipinski definition) is 2. The van der Waals surface area contributed by atoms with Gasteiger partial charge in [0.05, 0.1) is 6.10 Å². The average molecular weight is 251 g/mol. The van der Waals surface area contributed by atoms with E-state index >= 15 is 0 Å². The van der Waals surface area contributed by atoms with Gasteiger partial charge >= 0.3 is 0 Å². The quantitative estimate of drug-likeness (QED) is 0.815. The molecule has 1 aliphatic heterocycles. The fourth-order valence-electron chi connectivity index (χ4n) is 2.28. The summed E-state index contributed by atoms with van der Waals surface area (Å²) >= 11 is 0. The van der Waals surface area contributed by atoms with Crippen LogP contribution in [-0.2, 0) is 17.7 Å². The Morgan fingerprint density at radius 3 is 3.11 bits per heavy atom. The summed E-state index contributed by atoms with van der Waals surface area (Å²) in [5.41, 5.74) is 1.17. The van der Waals surface area contributed by atoms with E-state index < -0.39 is 0 Å². The molecule has 0 amide bonds. The van der Waals surface area contributed by atoms with Crippen LogP contribution in [0.25, 0.3) is 0 Å². The number of nitrogens with zero attached hydrogens (tertiary/aromatic N) is 1. The summed E-state index contributed by atoms with van der Waals surface area (Å²) in [6, 6.07) is 0. The Bertz CT molecular complexity index is 343. The molecule has 0 aliphatic carbocycles. The lowest BCUT2D eigenvalue weighted by molar-refractivity contribution is 0.0157. The minimum Gasteiger partial charge on any atom is -0.378 e. The van der Waals surface area contributed by atoms with Gasteiger partial charge in [0.15, 0.2) is 0 Å². The molecule has 1 saturated heterocycles. The van der Waals surface area contributed by atoms with E-state index in [1.54, 1.807) is 0 Å². The van der Waals surface area contributed by atoms with Crippen molar-refractivity contribution in [3.8, 4) is 0 Å². The number of hydrogen-bond acceptors (Lipinski definition) is 3. The number of rotatable bonds is 6. The van der Waals surface area contributed by atoms with Crippen molar-refractivity contribution in [3.63, 3.8) is 0 Å². The Balaban J connectivity index is 1.74. The zero-order chi connectivity index (χ0) is 12.8. The van der Waals surface area contributed by atoms with Crippen LogP contribution in [0.3, 0.4) is 0 Å². The van der Waals surface area contributed by atoms with E-state index in [4.69, 9.17) is 4.74 Å². The van der Waals surface area contributed by atoms with Crippen LogP contribution in [-0.4, -0.2) is 29.2 Å². The third-order valence-corrected chi connectivity index (χ3v) is 3.24. The smallest absolute Gasteiger partial charge is 0.108 e. The highest BCUT2D eigenvalue weighted by Gasteiger charge is 2.15. The van der Waals surface area contributed by atoms with Crippen molar-refractivity contribution >= 4 is 0 Å². The first-order chi connectivity index (χ1) is 8.74. The van der Waals surface area contributed by atoms with Crippen LogP contribution in [0, 0.1) is 5.92 Å². The molecule has 0 spiro atoms. The number of aromatic nitrogens is 2. The number of imidazole rings is 1. The molecule has 1 aromatic heterocycles. The molecule has 2 heterocycles. The molecule has 18 heavy (non-hydrogen) atoms. The van der Waals surface area contributed by atoms with Gasteiger partial charge in [-0.1, -0.05) is 13.8 Å². The Kier molecular flexibility index (Phi) is 5.20. The topological polar surface area (TPSA) is 49.9 Å². The van der Waals surface area contributed by atoms with Crippen molar-refractivity contribution in [2.24, 2.45) is 5.92 Å². The molecule has 2 rings (SSSR count). The summed E-state index contributed by atoms with van der Waals surface area (Å²) in [5, 5.41) is 3.42. The molecule has 0 saturated carbocycles. The van der Waals surface area contributed by atoms with Crippen LogP contribution >= 0.6 is 0 Å². The summed E-state index contributed by atoms with van der Waals surface area (Å²) in [4.78, 5) is 7.81. The first-order valence-electron chi connectivity index (χ1n) is 7.09. The van der Waals surface area contributed by atoms with Gasteiger partial charge in [-0.2, -0.15) is 0 Å². The van der Waals surface area contributed by atoms with E-state index in [2.05, 4.69) is 29.1 Å². The molecule has 0 bridgehead atoms. The third-order valence-electron chi connectivity index (χ3n) is 3.24. The molecule has 0 radical (unpaired) electrons. The summed E-state index contributed by atoms with van der Waals surface area (Å²) in [6.07, 6.45) is 6.88. The molecule has 4 heteroatoms. The molecule has 1 aliphatic rings. The van der Waals surface area contributed by atoms with E-state index in [0.717, 1.165) is 31.9 Å². The van der Waals surface area contributed by atoms with E-state index in [1.165, 1.54) is 25.0 Å². The zero-order valence-corrected chi connectivity index (χ0v) is 11.5. The fourth-order valence-corrected chi connectivity index (χ4v) is 2.28. The maximum atomic E-state index is 5.73. The normalized spacial score (nSPS) is 20.5. The van der Waals surface area contributed by atoms with Crippen LogP contribution in [0.4, 0.5) is 0 Å². The predicted octanol–water partition coefficient (Wildman–Crippen LogP) is 2.27. The first-order valence-corrected chi connectivity index (χ1v) is 7.09. The Morgan fingerprint density at radius 1 is 1.50 bits per heavy atom. The maximum Gasteiger partial charge on any atom is 0.108 e. The molecule has 102 valence electrons. The van der Waals surface area contributed by atoms with Gasteiger partial charge in [0.2, 0.25) is 0 Å². The minimum atomic E-state index is 0.362. The third kappa shape index (κ3) is 4.42. The van der Waals surface area contributed by atoms with Crippen LogP contribution in [0.1, 0.15) is 44.6 Å². The van der Waals surface area contributed by atoms with Gasteiger partial charge in [-0.05, 0) is 31.7 Å². The van der Waals surface area contributed by atoms with Crippen LogP contribution in [0.5, 0.6) is 0 Å². The van der Waals surface area contributed by atoms with Gasteiger partial charge in [0.25, 0.3) is 0 Å². The van der Waals surface area contributed by atoms with Gasteiger partial charge in [-0.25, -0.2) is 4.98 Å². The van der Waals surface area contributed by atoms with E-state index in [9.17, 15) is 0 Å². The highest BCUT2D eigenvalue weighted by atomic mass is 16.5. The fraction of sp³-hybridized carbons (Fsp3) is 0.786.